The third kappa shape index (κ3) is 3.71. The van der Waals surface area contributed by atoms with Crippen LogP contribution in [-0.2, 0) is 19.2 Å². The second-order valence-corrected chi connectivity index (χ2v) is 4.54. The minimum atomic E-state index is -4.84. The molecule has 0 radical (unpaired) electrons. The Morgan fingerprint density at radius 1 is 1.53 bits per heavy atom. The first-order valence-corrected chi connectivity index (χ1v) is 5.62. The molecule has 0 saturated carbocycles. The first-order valence-electron chi connectivity index (χ1n) is 4.26. The van der Waals surface area contributed by atoms with Crippen LogP contribution >= 0.6 is 0 Å². The number of nitrogens with zero attached hydrogens (tertiary/aromatic N) is 1. The van der Waals surface area contributed by atoms with Crippen LogP contribution < -0.4 is 0 Å². The lowest BCUT2D eigenvalue weighted by atomic mass is 10.2. The minimum absolute atomic E-state index is 0.0211. The largest absolute Gasteiger partial charge is 0.522 e. The molecule has 1 N–H and O–H groups in total. The quantitative estimate of drug-likeness (QED) is 0.810. The predicted molar refractivity (Wildman–Crippen MR) is 45.1 cm³/mol. The smallest absolute Gasteiger partial charge is 0.464 e. The van der Waals surface area contributed by atoms with E-state index in [1.54, 1.807) is 0 Å². The molecule has 1 atom stereocenters. The summed E-state index contributed by atoms with van der Waals surface area (Å²) in [4.78, 5) is 10.6. The molecule has 1 amide bonds. The predicted octanol–water partition coefficient (Wildman–Crippen LogP) is 0.536. The average Bonchev–Trinajstić information content (AvgIpc) is 2.39. The van der Waals surface area contributed by atoms with Crippen molar-refractivity contribution in [2.75, 3.05) is 13.2 Å². The van der Waals surface area contributed by atoms with Crippen molar-refractivity contribution in [2.24, 2.45) is 0 Å². The molecule has 1 rings (SSSR count). The van der Waals surface area contributed by atoms with Crippen LogP contribution in [0.1, 0.15) is 6.42 Å². The van der Waals surface area contributed by atoms with E-state index >= 15 is 0 Å². The fourth-order valence-corrected chi connectivity index (χ4v) is 2.40. The second kappa shape index (κ2) is 4.66. The summed E-state index contributed by atoms with van der Waals surface area (Å²) in [6, 6.07) is -1.21. The molecule has 1 saturated heterocycles. The number of hydrogen-bond acceptors (Lipinski definition) is 5. The number of halogens is 3. The maximum Gasteiger partial charge on any atom is 0.522 e. The van der Waals surface area contributed by atoms with E-state index in [9.17, 15) is 26.4 Å². The van der Waals surface area contributed by atoms with Crippen molar-refractivity contribution in [3.8, 4) is 0 Å². The van der Waals surface area contributed by atoms with Crippen molar-refractivity contribution in [2.45, 2.75) is 18.8 Å². The molecule has 1 fully saturated rings. The van der Waals surface area contributed by atoms with Gasteiger partial charge in [-0.05, 0) is 6.42 Å². The molecule has 0 aromatic heterocycles. The van der Waals surface area contributed by atoms with Gasteiger partial charge in [-0.2, -0.15) is 12.7 Å². The Morgan fingerprint density at radius 2 is 2.12 bits per heavy atom. The van der Waals surface area contributed by atoms with E-state index in [0.717, 1.165) is 0 Å². The Balaban J connectivity index is 2.58. The summed E-state index contributed by atoms with van der Waals surface area (Å²) in [6.07, 6.45) is -7.09. The van der Waals surface area contributed by atoms with Crippen LogP contribution in [0.25, 0.3) is 0 Å². The molecule has 0 aromatic rings. The zero-order chi connectivity index (χ0) is 13.3. The fraction of sp³-hybridized carbons (Fsp3) is 0.833. The van der Waals surface area contributed by atoms with Gasteiger partial charge in [0.1, 0.15) is 0 Å². The Kier molecular flexibility index (Phi) is 3.84. The van der Waals surface area contributed by atoms with Crippen molar-refractivity contribution in [1.82, 2.24) is 4.31 Å². The molecule has 0 bridgehead atoms. The molecule has 7 nitrogen and oxygen atoms in total. The van der Waals surface area contributed by atoms with E-state index in [0.29, 0.717) is 0 Å². The number of alkyl halides is 3. The van der Waals surface area contributed by atoms with Gasteiger partial charge in [-0.15, -0.1) is 13.2 Å². The lowest BCUT2D eigenvalue weighted by molar-refractivity contribution is -0.325. The number of rotatable bonds is 3. The third-order valence-electron chi connectivity index (χ3n) is 1.89. The monoisotopic (exact) mass is 279 g/mol. The zero-order valence-corrected chi connectivity index (χ0v) is 8.99. The number of carboxylic acid groups (broad SMARTS) is 1. The summed E-state index contributed by atoms with van der Waals surface area (Å²) >= 11 is 0. The van der Waals surface area contributed by atoms with Gasteiger partial charge >= 0.3 is 22.8 Å². The molecular formula is C6H8F3NO6S. The van der Waals surface area contributed by atoms with Crippen molar-refractivity contribution < 1.29 is 40.4 Å². The number of ether oxygens (including phenoxy) is 1. The van der Waals surface area contributed by atoms with Crippen molar-refractivity contribution in [3.63, 3.8) is 0 Å². The Bertz CT molecular complexity index is 393. The van der Waals surface area contributed by atoms with Crippen LogP contribution in [0.3, 0.4) is 0 Å². The molecule has 0 spiro atoms. The van der Waals surface area contributed by atoms with E-state index < -0.39 is 48.4 Å². The highest BCUT2D eigenvalue weighted by atomic mass is 32.2. The standard InChI is InChI=1S/C6H8F3NO6S/c7-6(8,9)15-2-1-4-3-16-17(13,14)10(4)5(11)12/h4H,1-3H2,(H,11,12)/t4-/m0/s1. The maximum atomic E-state index is 11.6. The SMILES string of the molecule is O=C(O)N1[C@@H](CCOC(F)(F)F)COS1(=O)=O. The van der Waals surface area contributed by atoms with Gasteiger partial charge in [-0.1, -0.05) is 0 Å². The summed E-state index contributed by atoms with van der Waals surface area (Å²) in [5.41, 5.74) is 0. The topological polar surface area (TPSA) is 93.1 Å². The average molecular weight is 279 g/mol. The third-order valence-corrected chi connectivity index (χ3v) is 3.26. The van der Waals surface area contributed by atoms with Crippen LogP contribution in [0, 0.1) is 0 Å². The van der Waals surface area contributed by atoms with Gasteiger partial charge in [0.05, 0.1) is 19.3 Å². The summed E-state index contributed by atoms with van der Waals surface area (Å²) in [6.45, 7) is -1.37. The molecular weight excluding hydrogens is 271 g/mol. The summed E-state index contributed by atoms with van der Waals surface area (Å²) in [5, 5.41) is 8.58. The summed E-state index contributed by atoms with van der Waals surface area (Å²) in [7, 11) is -4.40. The van der Waals surface area contributed by atoms with Crippen molar-refractivity contribution in [1.29, 1.82) is 0 Å². The Morgan fingerprint density at radius 3 is 2.59 bits per heavy atom. The molecule has 17 heavy (non-hydrogen) atoms. The van der Waals surface area contributed by atoms with Crippen LogP contribution in [0.15, 0.2) is 0 Å². The zero-order valence-electron chi connectivity index (χ0n) is 8.18. The minimum Gasteiger partial charge on any atom is -0.464 e. The van der Waals surface area contributed by atoms with Gasteiger partial charge in [0.15, 0.2) is 0 Å². The highest BCUT2D eigenvalue weighted by Gasteiger charge is 2.43. The molecule has 1 aliphatic rings. The van der Waals surface area contributed by atoms with Crippen molar-refractivity contribution in [3.05, 3.63) is 0 Å². The lowest BCUT2D eigenvalue weighted by Gasteiger charge is -2.17. The van der Waals surface area contributed by atoms with Gasteiger partial charge in [0, 0.05) is 0 Å². The van der Waals surface area contributed by atoms with E-state index in [2.05, 4.69) is 8.92 Å². The number of carbonyl (C=O) groups is 1. The fourth-order valence-electron chi connectivity index (χ4n) is 1.23. The van der Waals surface area contributed by atoms with Gasteiger partial charge in [0.2, 0.25) is 0 Å². The van der Waals surface area contributed by atoms with Crippen LogP contribution in [0.5, 0.6) is 0 Å². The maximum absolute atomic E-state index is 11.6. The first kappa shape index (κ1) is 14.0. The molecule has 1 aliphatic heterocycles. The number of amides is 1. The summed E-state index contributed by atoms with van der Waals surface area (Å²) in [5.74, 6) is 0. The summed E-state index contributed by atoms with van der Waals surface area (Å²) < 4.78 is 64.6. The number of hydrogen-bond donors (Lipinski definition) is 1. The normalized spacial score (nSPS) is 23.9. The van der Waals surface area contributed by atoms with Gasteiger partial charge < -0.3 is 5.11 Å². The van der Waals surface area contributed by atoms with E-state index in [1.807, 2.05) is 0 Å². The molecule has 0 aliphatic carbocycles. The molecule has 0 unspecified atom stereocenters. The molecule has 100 valence electrons. The Labute approximate surface area is 94.0 Å². The van der Waals surface area contributed by atoms with Crippen molar-refractivity contribution >= 4 is 16.4 Å². The molecule has 0 aromatic carbocycles. The van der Waals surface area contributed by atoms with Gasteiger partial charge in [-0.25, -0.2) is 4.79 Å². The van der Waals surface area contributed by atoms with Crippen LogP contribution in [0.4, 0.5) is 18.0 Å². The van der Waals surface area contributed by atoms with E-state index in [-0.39, 0.29) is 4.31 Å². The Hall–Kier alpha value is -1.07. The molecule has 11 heteroatoms. The molecule has 1 heterocycles. The lowest BCUT2D eigenvalue weighted by Crippen LogP contribution is -2.39. The van der Waals surface area contributed by atoms with Crippen LogP contribution in [-0.4, -0.2) is 49.5 Å². The highest BCUT2D eigenvalue weighted by Crippen LogP contribution is 2.23. The second-order valence-electron chi connectivity index (χ2n) is 3.06. The van der Waals surface area contributed by atoms with E-state index in [4.69, 9.17) is 5.11 Å². The van der Waals surface area contributed by atoms with Gasteiger partial charge in [-0.3, -0.25) is 8.92 Å². The van der Waals surface area contributed by atoms with Crippen LogP contribution in [0.2, 0.25) is 0 Å². The van der Waals surface area contributed by atoms with Gasteiger partial charge in [0.25, 0.3) is 0 Å². The highest BCUT2D eigenvalue weighted by molar-refractivity contribution is 7.85. The van der Waals surface area contributed by atoms with E-state index in [1.165, 1.54) is 0 Å². The first-order chi connectivity index (χ1) is 7.63.